The van der Waals surface area contributed by atoms with Crippen LogP contribution in [0.3, 0.4) is 0 Å². The van der Waals surface area contributed by atoms with E-state index in [-0.39, 0.29) is 5.54 Å². The molecule has 0 aromatic heterocycles. The van der Waals surface area contributed by atoms with Crippen LogP contribution in [0.1, 0.15) is 44.7 Å². The minimum atomic E-state index is 0.207. The summed E-state index contributed by atoms with van der Waals surface area (Å²) in [6.07, 6.45) is 3.52. The third-order valence-electron chi connectivity index (χ3n) is 4.59. The molecule has 0 bridgehead atoms. The highest BCUT2D eigenvalue weighted by molar-refractivity contribution is 5.61. The molecule has 1 saturated heterocycles. The van der Waals surface area contributed by atoms with Gasteiger partial charge in [-0.3, -0.25) is 0 Å². The van der Waals surface area contributed by atoms with Gasteiger partial charge in [-0.1, -0.05) is 25.1 Å². The number of nitrogens with two attached hydrogens (primary N) is 1. The predicted octanol–water partition coefficient (Wildman–Crippen LogP) is 3.51. The molecule has 0 radical (unpaired) electrons. The maximum absolute atomic E-state index is 5.88. The van der Waals surface area contributed by atoms with E-state index in [2.05, 4.69) is 50.8 Å². The summed E-state index contributed by atoms with van der Waals surface area (Å²) < 4.78 is 0. The molecule has 1 aliphatic rings. The topological polar surface area (TPSA) is 29.3 Å². The Morgan fingerprint density at radius 1 is 1.37 bits per heavy atom. The molecule has 1 aliphatic heterocycles. The third-order valence-corrected chi connectivity index (χ3v) is 4.59. The Kier molecular flexibility index (Phi) is 4.19. The Morgan fingerprint density at radius 3 is 2.68 bits per heavy atom. The first-order valence-corrected chi connectivity index (χ1v) is 7.55. The van der Waals surface area contributed by atoms with Gasteiger partial charge in [-0.2, -0.15) is 0 Å². The van der Waals surface area contributed by atoms with Crippen LogP contribution < -0.4 is 10.6 Å². The fourth-order valence-corrected chi connectivity index (χ4v) is 3.54. The predicted molar refractivity (Wildman–Crippen MR) is 83.8 cm³/mol. The van der Waals surface area contributed by atoms with E-state index in [4.69, 9.17) is 5.73 Å². The van der Waals surface area contributed by atoms with Gasteiger partial charge in [0.1, 0.15) is 0 Å². The largest absolute Gasteiger partial charge is 0.366 e. The van der Waals surface area contributed by atoms with Crippen molar-refractivity contribution in [2.24, 2.45) is 11.7 Å². The van der Waals surface area contributed by atoms with Gasteiger partial charge in [0.15, 0.2) is 0 Å². The quantitative estimate of drug-likeness (QED) is 0.901. The van der Waals surface area contributed by atoms with Crippen LogP contribution in [0.15, 0.2) is 18.2 Å². The van der Waals surface area contributed by atoms with E-state index in [0.717, 1.165) is 19.5 Å². The summed E-state index contributed by atoms with van der Waals surface area (Å²) >= 11 is 0. The van der Waals surface area contributed by atoms with E-state index in [9.17, 15) is 0 Å². The molecule has 1 aromatic rings. The Bertz CT molecular complexity index is 437. The van der Waals surface area contributed by atoms with Gasteiger partial charge < -0.3 is 10.6 Å². The summed E-state index contributed by atoms with van der Waals surface area (Å²) in [5.74, 6) is 0.681. The Balaban J connectivity index is 2.36. The zero-order chi connectivity index (χ0) is 14.0. The van der Waals surface area contributed by atoms with Crippen molar-refractivity contribution in [2.75, 3.05) is 18.0 Å². The summed E-state index contributed by atoms with van der Waals surface area (Å²) in [4.78, 5) is 2.62. The van der Waals surface area contributed by atoms with Gasteiger partial charge in [-0.05, 0) is 63.6 Å². The Morgan fingerprint density at radius 2 is 2.11 bits per heavy atom. The minimum Gasteiger partial charge on any atom is -0.366 e. The van der Waals surface area contributed by atoms with E-state index >= 15 is 0 Å². The number of anilines is 1. The van der Waals surface area contributed by atoms with Crippen molar-refractivity contribution < 1.29 is 0 Å². The number of hydrogen-bond donors (Lipinski definition) is 1. The fraction of sp³-hybridized carbons (Fsp3) is 0.647. The van der Waals surface area contributed by atoms with E-state index in [0.29, 0.717) is 5.92 Å². The SMILES string of the molecule is CCc1cccc(C)c1N1CCC(CN)CC1(C)C. The van der Waals surface area contributed by atoms with Crippen LogP contribution in [0.5, 0.6) is 0 Å². The van der Waals surface area contributed by atoms with Gasteiger partial charge in [0, 0.05) is 17.8 Å². The summed E-state index contributed by atoms with van der Waals surface area (Å²) in [5.41, 5.74) is 10.4. The molecule has 1 aromatic carbocycles. The maximum atomic E-state index is 5.88. The molecule has 0 aliphatic carbocycles. The van der Waals surface area contributed by atoms with E-state index in [1.165, 1.54) is 29.7 Å². The van der Waals surface area contributed by atoms with Gasteiger partial charge in [-0.25, -0.2) is 0 Å². The lowest BCUT2D eigenvalue weighted by molar-refractivity contribution is 0.278. The standard InChI is InChI=1S/C17H28N2/c1-5-15-8-6-7-13(2)16(15)19-10-9-14(12-18)11-17(19,3)4/h6-8,14H,5,9-12,18H2,1-4H3. The molecule has 19 heavy (non-hydrogen) atoms. The zero-order valence-corrected chi connectivity index (χ0v) is 12.9. The molecule has 2 rings (SSSR count). The highest BCUT2D eigenvalue weighted by atomic mass is 15.2. The zero-order valence-electron chi connectivity index (χ0n) is 12.9. The molecular formula is C17H28N2. The molecule has 1 fully saturated rings. The number of piperidine rings is 1. The third kappa shape index (κ3) is 2.79. The van der Waals surface area contributed by atoms with Crippen LogP contribution in [0, 0.1) is 12.8 Å². The second kappa shape index (κ2) is 5.54. The lowest BCUT2D eigenvalue weighted by Crippen LogP contribution is -2.52. The maximum Gasteiger partial charge on any atom is 0.0432 e. The average molecular weight is 260 g/mol. The number of rotatable bonds is 3. The van der Waals surface area contributed by atoms with Crippen LogP contribution in [0.2, 0.25) is 0 Å². The van der Waals surface area contributed by atoms with Crippen LogP contribution >= 0.6 is 0 Å². The molecule has 0 spiro atoms. The monoisotopic (exact) mass is 260 g/mol. The molecule has 1 unspecified atom stereocenters. The molecular weight excluding hydrogens is 232 g/mol. The lowest BCUT2D eigenvalue weighted by Gasteiger charge is -2.48. The smallest absolute Gasteiger partial charge is 0.0432 e. The second-order valence-electron chi connectivity index (χ2n) is 6.49. The van der Waals surface area contributed by atoms with E-state index in [1.54, 1.807) is 0 Å². The lowest BCUT2D eigenvalue weighted by atomic mass is 9.81. The Labute approximate surface area is 118 Å². The summed E-state index contributed by atoms with van der Waals surface area (Å²) in [6.45, 7) is 11.2. The Hall–Kier alpha value is -1.02. The fourth-order valence-electron chi connectivity index (χ4n) is 3.54. The van der Waals surface area contributed by atoms with E-state index < -0.39 is 0 Å². The summed E-state index contributed by atoms with van der Waals surface area (Å²) in [5, 5.41) is 0. The molecule has 2 N–H and O–H groups in total. The van der Waals surface area contributed by atoms with Crippen molar-refractivity contribution in [3.8, 4) is 0 Å². The van der Waals surface area contributed by atoms with Crippen molar-refractivity contribution in [3.05, 3.63) is 29.3 Å². The second-order valence-corrected chi connectivity index (χ2v) is 6.49. The van der Waals surface area contributed by atoms with Crippen molar-refractivity contribution >= 4 is 5.69 Å². The molecule has 0 saturated carbocycles. The minimum absolute atomic E-state index is 0.207. The first-order chi connectivity index (χ1) is 8.99. The van der Waals surface area contributed by atoms with Gasteiger partial charge in [0.05, 0.1) is 0 Å². The summed E-state index contributed by atoms with van der Waals surface area (Å²) in [7, 11) is 0. The molecule has 106 valence electrons. The average Bonchev–Trinajstić information content (AvgIpc) is 2.38. The van der Waals surface area contributed by atoms with Crippen molar-refractivity contribution in [2.45, 2.75) is 52.5 Å². The van der Waals surface area contributed by atoms with Gasteiger partial charge in [0.25, 0.3) is 0 Å². The number of hydrogen-bond acceptors (Lipinski definition) is 2. The normalized spacial score (nSPS) is 22.6. The van der Waals surface area contributed by atoms with Crippen molar-refractivity contribution in [1.29, 1.82) is 0 Å². The van der Waals surface area contributed by atoms with Crippen LogP contribution in [0.4, 0.5) is 5.69 Å². The van der Waals surface area contributed by atoms with Crippen LogP contribution in [-0.4, -0.2) is 18.6 Å². The van der Waals surface area contributed by atoms with Gasteiger partial charge in [-0.15, -0.1) is 0 Å². The molecule has 0 amide bonds. The van der Waals surface area contributed by atoms with Gasteiger partial charge >= 0.3 is 0 Å². The number of para-hydroxylation sites is 1. The molecule has 2 heteroatoms. The van der Waals surface area contributed by atoms with Crippen molar-refractivity contribution in [1.82, 2.24) is 0 Å². The number of benzene rings is 1. The van der Waals surface area contributed by atoms with Crippen LogP contribution in [0.25, 0.3) is 0 Å². The first-order valence-electron chi connectivity index (χ1n) is 7.55. The summed E-state index contributed by atoms with van der Waals surface area (Å²) in [6, 6.07) is 6.68. The van der Waals surface area contributed by atoms with Crippen molar-refractivity contribution in [3.63, 3.8) is 0 Å². The molecule has 1 atom stereocenters. The van der Waals surface area contributed by atoms with E-state index in [1.807, 2.05) is 0 Å². The molecule has 2 nitrogen and oxygen atoms in total. The number of aryl methyl sites for hydroxylation is 2. The molecule has 1 heterocycles. The first kappa shape index (κ1) is 14.4. The highest BCUT2D eigenvalue weighted by Gasteiger charge is 2.35. The van der Waals surface area contributed by atoms with Crippen LogP contribution in [-0.2, 0) is 6.42 Å². The number of nitrogens with zero attached hydrogens (tertiary/aromatic N) is 1. The van der Waals surface area contributed by atoms with Gasteiger partial charge in [0.2, 0.25) is 0 Å². The highest BCUT2D eigenvalue weighted by Crippen LogP contribution is 2.38.